The van der Waals surface area contributed by atoms with Crippen molar-refractivity contribution in [3.05, 3.63) is 164 Å². The summed E-state index contributed by atoms with van der Waals surface area (Å²) in [5, 5.41) is 0. The summed E-state index contributed by atoms with van der Waals surface area (Å²) < 4.78 is 84.7. The molecule has 0 radical (unpaired) electrons. The first-order valence-electron chi connectivity index (χ1n) is 16.1. The van der Waals surface area contributed by atoms with Crippen LogP contribution in [0.25, 0.3) is 23.3 Å². The zero-order valence-corrected chi connectivity index (χ0v) is 32.5. The fourth-order valence-electron chi connectivity index (χ4n) is 6.93. The molecule has 51 heavy (non-hydrogen) atoms. The zero-order valence-electron chi connectivity index (χ0n) is 28.5. The molecule has 4 aromatic rings. The summed E-state index contributed by atoms with van der Waals surface area (Å²) in [7, 11) is 0. The molecule has 4 aromatic carbocycles. The average Bonchev–Trinajstić information content (AvgIpc) is 3.60. The molecular formula is C42H36Cl2F6Zr. The Kier molecular flexibility index (Phi) is 11.9. The van der Waals surface area contributed by atoms with Crippen LogP contribution in [0.2, 0.25) is 0 Å². The summed E-state index contributed by atoms with van der Waals surface area (Å²) in [4.78, 5) is 0. The van der Waals surface area contributed by atoms with E-state index < -0.39 is 44.7 Å². The zero-order chi connectivity index (χ0) is 35.5. The van der Waals surface area contributed by atoms with Gasteiger partial charge in [-0.2, -0.15) is 0 Å². The SMILES string of the molecule is C=Cc1ccc2c(c1)-c1cc(C=C)ccc1[CH]2[Zr+2]([C]1=CC(C(C)(C)C)=CC1C)=[C](c1ccc(C(F)(F)F)cc1)c1ccc(C(F)(F)F)cc1.[Cl-].[Cl-]. The Morgan fingerprint density at radius 1 is 0.647 bits per heavy atom. The van der Waals surface area contributed by atoms with E-state index >= 15 is 0 Å². The van der Waals surface area contributed by atoms with Gasteiger partial charge >= 0.3 is 293 Å². The second-order valence-corrected chi connectivity index (χ2v) is 19.8. The first kappa shape index (κ1) is 40.5. The van der Waals surface area contributed by atoms with Crippen LogP contribution in [0.5, 0.6) is 0 Å². The normalized spacial score (nSPS) is 15.3. The third kappa shape index (κ3) is 7.92. The summed E-state index contributed by atoms with van der Waals surface area (Å²) in [6.07, 6.45) is -0.914. The molecule has 2 aliphatic rings. The van der Waals surface area contributed by atoms with E-state index in [2.05, 4.69) is 77.3 Å². The van der Waals surface area contributed by atoms with Crippen molar-refractivity contribution in [2.45, 2.75) is 43.7 Å². The van der Waals surface area contributed by atoms with Crippen LogP contribution in [0.15, 0.2) is 119 Å². The number of allylic oxidation sites excluding steroid dienone is 4. The van der Waals surface area contributed by atoms with Gasteiger partial charge in [-0.15, -0.1) is 0 Å². The third-order valence-corrected chi connectivity index (χ3v) is 18.2. The minimum atomic E-state index is -4.53. The van der Waals surface area contributed by atoms with E-state index in [4.69, 9.17) is 0 Å². The van der Waals surface area contributed by atoms with Gasteiger partial charge in [0.1, 0.15) is 0 Å². The van der Waals surface area contributed by atoms with Crippen LogP contribution >= 0.6 is 0 Å². The summed E-state index contributed by atoms with van der Waals surface area (Å²) in [5.74, 6) is 0.0370. The van der Waals surface area contributed by atoms with Gasteiger partial charge in [0.2, 0.25) is 0 Å². The fourth-order valence-corrected chi connectivity index (χ4v) is 16.5. The summed E-state index contributed by atoms with van der Waals surface area (Å²) >= 11 is -3.50. The Morgan fingerprint density at radius 3 is 1.39 bits per heavy atom. The van der Waals surface area contributed by atoms with Gasteiger partial charge in [0, 0.05) is 0 Å². The molecule has 2 aliphatic carbocycles. The number of halogens is 8. The largest absolute Gasteiger partial charge is 1.00 e. The maximum Gasteiger partial charge on any atom is -1.00 e. The molecule has 0 saturated carbocycles. The van der Waals surface area contributed by atoms with E-state index in [1.165, 1.54) is 33.1 Å². The Bertz CT molecular complexity index is 1940. The van der Waals surface area contributed by atoms with Crippen molar-refractivity contribution in [2.24, 2.45) is 11.3 Å². The van der Waals surface area contributed by atoms with Crippen molar-refractivity contribution in [1.29, 1.82) is 0 Å². The standard InChI is InChI=1S/C17H13.C15H8F6.C10H15.2ClH.Zr/c1-3-12-5-7-14-11-15-8-6-13(4-2)10-17(15)16(14)9-12;16-14(17,18)12-5-1-10(2-6-12)9-11-3-7-13(8-4-11)15(19,20)21;1-8-5-6-9(7-8)10(2,3)4;;;/h3-11H,1-2H2;1-8H;6-8H,1-4H3;2*1H;/q;;;;;+2/p-2. The quantitative estimate of drug-likeness (QED) is 0.196. The van der Waals surface area contributed by atoms with Crippen molar-refractivity contribution >= 4 is 15.4 Å². The van der Waals surface area contributed by atoms with Crippen molar-refractivity contribution in [3.63, 3.8) is 0 Å². The summed E-state index contributed by atoms with van der Waals surface area (Å²) in [6, 6.07) is 22.8. The van der Waals surface area contributed by atoms with Gasteiger partial charge in [0.15, 0.2) is 0 Å². The van der Waals surface area contributed by atoms with Gasteiger partial charge < -0.3 is 24.8 Å². The Labute approximate surface area is 315 Å². The van der Waals surface area contributed by atoms with Crippen LogP contribution in [0.1, 0.15) is 75.8 Å². The Morgan fingerprint density at radius 2 is 1.06 bits per heavy atom. The molecule has 0 aromatic heterocycles. The van der Waals surface area contributed by atoms with Gasteiger partial charge in [0.05, 0.1) is 0 Å². The second kappa shape index (κ2) is 15.0. The topological polar surface area (TPSA) is 0 Å². The molecule has 0 heterocycles. The van der Waals surface area contributed by atoms with Crippen LogP contribution in [0.3, 0.4) is 0 Å². The molecule has 0 spiro atoms. The third-order valence-electron chi connectivity index (χ3n) is 9.51. The number of benzene rings is 4. The fraction of sp³-hybridized carbons (Fsp3) is 0.214. The minimum Gasteiger partial charge on any atom is -1.00 e. The minimum absolute atomic E-state index is 0. The molecule has 6 rings (SSSR count). The molecule has 0 aliphatic heterocycles. The monoisotopic (exact) mass is 814 g/mol. The van der Waals surface area contributed by atoms with Gasteiger partial charge in [-0.05, 0) is 0 Å². The number of fused-ring (bicyclic) bond motifs is 3. The van der Waals surface area contributed by atoms with E-state index in [1.807, 2.05) is 12.1 Å². The molecule has 0 bridgehead atoms. The van der Waals surface area contributed by atoms with Crippen LogP contribution in [-0.4, -0.2) is 3.21 Å². The van der Waals surface area contributed by atoms with Gasteiger partial charge in [-0.1, -0.05) is 0 Å². The van der Waals surface area contributed by atoms with E-state index in [-0.39, 0.29) is 39.8 Å². The first-order valence-corrected chi connectivity index (χ1v) is 20.0. The Balaban J connectivity index is 0.00000292. The number of hydrogen-bond acceptors (Lipinski definition) is 0. The number of hydrogen-bond donors (Lipinski definition) is 0. The van der Waals surface area contributed by atoms with Crippen LogP contribution < -0.4 is 24.8 Å². The summed E-state index contributed by atoms with van der Waals surface area (Å²) in [5.41, 5.74) is 6.94. The van der Waals surface area contributed by atoms with E-state index in [9.17, 15) is 26.3 Å². The molecule has 0 saturated heterocycles. The van der Waals surface area contributed by atoms with Crippen LogP contribution in [-0.2, 0) is 33.6 Å². The van der Waals surface area contributed by atoms with E-state index in [0.717, 1.165) is 60.9 Å². The molecule has 264 valence electrons. The van der Waals surface area contributed by atoms with Crippen molar-refractivity contribution in [1.82, 2.24) is 0 Å². The van der Waals surface area contributed by atoms with Crippen LogP contribution in [0.4, 0.5) is 26.3 Å². The predicted octanol–water partition coefficient (Wildman–Crippen LogP) is 6.48. The van der Waals surface area contributed by atoms with Crippen LogP contribution in [0, 0.1) is 11.3 Å². The maximum absolute atomic E-state index is 13.8. The average molecular weight is 817 g/mol. The molecule has 0 fully saturated rings. The second-order valence-electron chi connectivity index (χ2n) is 13.7. The molecule has 0 nitrogen and oxygen atoms in total. The number of rotatable bonds is 6. The van der Waals surface area contributed by atoms with Gasteiger partial charge in [0.25, 0.3) is 0 Å². The van der Waals surface area contributed by atoms with Crippen molar-refractivity contribution in [3.8, 4) is 11.1 Å². The van der Waals surface area contributed by atoms with Gasteiger partial charge in [-0.3, -0.25) is 0 Å². The van der Waals surface area contributed by atoms with E-state index in [0.29, 0.717) is 11.1 Å². The smallest absolute Gasteiger partial charge is 1.00 e. The molecule has 0 N–H and O–H groups in total. The molecule has 0 amide bonds. The number of alkyl halides is 6. The maximum atomic E-state index is 13.8. The van der Waals surface area contributed by atoms with Crippen molar-refractivity contribution < 1.29 is 72.4 Å². The molecular weight excluding hydrogens is 781 g/mol. The predicted molar refractivity (Wildman–Crippen MR) is 185 cm³/mol. The van der Waals surface area contributed by atoms with Crippen molar-refractivity contribution in [2.75, 3.05) is 0 Å². The summed E-state index contributed by atoms with van der Waals surface area (Å²) in [6.45, 7) is 16.6. The molecule has 1 unspecified atom stereocenters. The first-order chi connectivity index (χ1) is 23.0. The van der Waals surface area contributed by atoms with E-state index in [1.54, 1.807) is 12.2 Å². The molecule has 9 heteroatoms. The Hall–Kier alpha value is -3.25. The molecule has 1 atom stereocenters. The van der Waals surface area contributed by atoms with Gasteiger partial charge in [-0.25, -0.2) is 0 Å².